The van der Waals surface area contributed by atoms with Gasteiger partial charge in [0, 0.05) is 9.61 Å². The third kappa shape index (κ3) is 3.27. The Hall–Kier alpha value is -0.450. The molecule has 1 atom stereocenters. The number of nitrogens with two attached hydrogens (primary N) is 1. The molecule has 3 heteroatoms. The molecule has 2 nitrogen and oxygen atoms in total. The van der Waals surface area contributed by atoms with E-state index in [0.717, 1.165) is 17.3 Å². The van der Waals surface area contributed by atoms with E-state index in [4.69, 9.17) is 5.73 Å². The molecule has 1 aromatic rings. The van der Waals surface area contributed by atoms with Gasteiger partial charge in [0.25, 0.3) is 0 Å². The van der Waals surface area contributed by atoms with Gasteiger partial charge in [-0.1, -0.05) is 19.8 Å². The second kappa shape index (κ2) is 5.25. The third-order valence-corrected chi connectivity index (χ3v) is 3.85. The summed E-state index contributed by atoms with van der Waals surface area (Å²) < 4.78 is 1.19. The molecule has 0 heterocycles. The first-order chi connectivity index (χ1) is 7.69. The van der Waals surface area contributed by atoms with Crippen LogP contribution in [0.1, 0.15) is 32.6 Å². The van der Waals surface area contributed by atoms with Gasteiger partial charge in [0.05, 0.1) is 11.4 Å². The van der Waals surface area contributed by atoms with E-state index in [1.165, 1.54) is 29.3 Å². The Kier molecular flexibility index (Phi) is 3.95. The molecular weight excluding hydrogens is 311 g/mol. The van der Waals surface area contributed by atoms with Crippen molar-refractivity contribution in [3.8, 4) is 0 Å². The highest BCUT2D eigenvalue weighted by Crippen LogP contribution is 2.35. The number of benzene rings is 1. The zero-order chi connectivity index (χ0) is 11.5. The second-order valence-electron chi connectivity index (χ2n) is 4.66. The van der Waals surface area contributed by atoms with Crippen molar-refractivity contribution in [1.82, 2.24) is 0 Å². The zero-order valence-electron chi connectivity index (χ0n) is 9.67. The Morgan fingerprint density at radius 3 is 2.81 bits per heavy atom. The average molecular weight is 330 g/mol. The Balaban J connectivity index is 1.99. The van der Waals surface area contributed by atoms with Crippen LogP contribution in [0.25, 0.3) is 0 Å². The molecule has 3 N–H and O–H groups in total. The minimum absolute atomic E-state index is 0.579. The van der Waals surface area contributed by atoms with E-state index in [-0.39, 0.29) is 0 Å². The minimum atomic E-state index is 0.579. The summed E-state index contributed by atoms with van der Waals surface area (Å²) in [4.78, 5) is 0. The largest absolute Gasteiger partial charge is 0.397 e. The summed E-state index contributed by atoms with van der Waals surface area (Å²) in [5, 5.41) is 3.57. The average Bonchev–Trinajstić information content (AvgIpc) is 3.04. The molecule has 0 spiro atoms. The minimum Gasteiger partial charge on any atom is -0.397 e. The number of nitrogens with one attached hydrogen (secondary N) is 1. The van der Waals surface area contributed by atoms with Crippen molar-refractivity contribution in [3.63, 3.8) is 0 Å². The van der Waals surface area contributed by atoms with Crippen LogP contribution in [0.5, 0.6) is 0 Å². The Morgan fingerprint density at radius 1 is 1.50 bits per heavy atom. The van der Waals surface area contributed by atoms with Crippen molar-refractivity contribution in [2.24, 2.45) is 5.92 Å². The summed E-state index contributed by atoms with van der Waals surface area (Å²) in [6.07, 6.45) is 5.30. The van der Waals surface area contributed by atoms with Crippen molar-refractivity contribution in [3.05, 3.63) is 21.8 Å². The van der Waals surface area contributed by atoms with Gasteiger partial charge in [-0.15, -0.1) is 0 Å². The lowest BCUT2D eigenvalue weighted by Crippen LogP contribution is -2.19. The summed E-state index contributed by atoms with van der Waals surface area (Å²) in [6.45, 7) is 2.24. The highest BCUT2D eigenvalue weighted by molar-refractivity contribution is 14.1. The van der Waals surface area contributed by atoms with E-state index < -0.39 is 0 Å². The van der Waals surface area contributed by atoms with Crippen LogP contribution in [-0.4, -0.2) is 6.04 Å². The van der Waals surface area contributed by atoms with Crippen molar-refractivity contribution in [2.45, 2.75) is 38.6 Å². The normalized spacial score (nSPS) is 17.1. The molecule has 0 saturated heterocycles. The summed E-state index contributed by atoms with van der Waals surface area (Å²) in [5.41, 5.74) is 7.96. The topological polar surface area (TPSA) is 38.0 Å². The Bertz CT molecular complexity index is 361. The van der Waals surface area contributed by atoms with Gasteiger partial charge in [0.15, 0.2) is 0 Å². The van der Waals surface area contributed by atoms with Gasteiger partial charge in [0.1, 0.15) is 0 Å². The molecule has 0 aliphatic heterocycles. The van der Waals surface area contributed by atoms with E-state index >= 15 is 0 Å². The number of halogens is 1. The number of rotatable bonds is 5. The van der Waals surface area contributed by atoms with Crippen LogP contribution < -0.4 is 11.1 Å². The summed E-state index contributed by atoms with van der Waals surface area (Å²) >= 11 is 2.29. The van der Waals surface area contributed by atoms with E-state index in [0.29, 0.717) is 6.04 Å². The van der Waals surface area contributed by atoms with Crippen molar-refractivity contribution >= 4 is 34.0 Å². The van der Waals surface area contributed by atoms with E-state index in [9.17, 15) is 0 Å². The first kappa shape index (κ1) is 12.0. The third-order valence-electron chi connectivity index (χ3n) is 3.18. The van der Waals surface area contributed by atoms with Crippen LogP contribution in [0.2, 0.25) is 0 Å². The van der Waals surface area contributed by atoms with Crippen LogP contribution in [0.3, 0.4) is 0 Å². The maximum Gasteiger partial charge on any atom is 0.0576 e. The summed E-state index contributed by atoms with van der Waals surface area (Å²) in [5.74, 6) is 0.961. The molecular formula is C13H19IN2. The molecule has 1 aromatic carbocycles. The predicted molar refractivity (Wildman–Crippen MR) is 78.6 cm³/mol. The predicted octanol–water partition coefficient (Wildman–Crippen LogP) is 3.86. The van der Waals surface area contributed by atoms with Gasteiger partial charge < -0.3 is 11.1 Å². The molecule has 1 fully saturated rings. The Labute approximate surface area is 111 Å². The van der Waals surface area contributed by atoms with Gasteiger partial charge in [-0.3, -0.25) is 0 Å². The molecule has 0 bridgehead atoms. The first-order valence-electron chi connectivity index (χ1n) is 6.00. The second-order valence-corrected chi connectivity index (χ2v) is 5.91. The molecule has 0 amide bonds. The quantitative estimate of drug-likeness (QED) is 0.635. The number of nitrogen functional groups attached to an aromatic ring is 1. The van der Waals surface area contributed by atoms with Crippen LogP contribution >= 0.6 is 22.6 Å². The smallest absolute Gasteiger partial charge is 0.0576 e. The fourth-order valence-corrected chi connectivity index (χ4v) is 2.48. The Morgan fingerprint density at radius 2 is 2.25 bits per heavy atom. The van der Waals surface area contributed by atoms with Crippen molar-refractivity contribution in [1.29, 1.82) is 0 Å². The van der Waals surface area contributed by atoms with Gasteiger partial charge in [-0.05, 0) is 59.5 Å². The highest BCUT2D eigenvalue weighted by atomic mass is 127. The molecule has 1 unspecified atom stereocenters. The van der Waals surface area contributed by atoms with Crippen molar-refractivity contribution in [2.75, 3.05) is 11.1 Å². The van der Waals surface area contributed by atoms with Crippen molar-refractivity contribution < 1.29 is 0 Å². The number of hydrogen-bond acceptors (Lipinski definition) is 2. The summed E-state index contributed by atoms with van der Waals surface area (Å²) in [7, 11) is 0. The highest BCUT2D eigenvalue weighted by Gasteiger charge is 2.24. The SMILES string of the molecule is CCC(CC1CC1)Nc1ccc(I)cc1N. The lowest BCUT2D eigenvalue weighted by molar-refractivity contribution is 0.587. The fourth-order valence-electron chi connectivity index (χ4n) is 1.97. The number of anilines is 2. The lowest BCUT2D eigenvalue weighted by Gasteiger charge is -2.19. The van der Waals surface area contributed by atoms with Gasteiger partial charge >= 0.3 is 0 Å². The molecule has 16 heavy (non-hydrogen) atoms. The molecule has 2 rings (SSSR count). The molecule has 1 aliphatic rings. The maximum atomic E-state index is 6.00. The maximum absolute atomic E-state index is 6.00. The summed E-state index contributed by atoms with van der Waals surface area (Å²) in [6, 6.07) is 6.79. The van der Waals surface area contributed by atoms with Crippen LogP contribution in [0, 0.1) is 9.49 Å². The molecule has 88 valence electrons. The van der Waals surface area contributed by atoms with E-state index in [1.54, 1.807) is 0 Å². The lowest BCUT2D eigenvalue weighted by atomic mass is 10.1. The molecule has 1 aliphatic carbocycles. The first-order valence-corrected chi connectivity index (χ1v) is 7.08. The molecule has 0 aromatic heterocycles. The molecule has 0 radical (unpaired) electrons. The van der Waals surface area contributed by atoms with E-state index in [1.807, 2.05) is 6.07 Å². The van der Waals surface area contributed by atoms with Gasteiger partial charge in [-0.25, -0.2) is 0 Å². The fraction of sp³-hybridized carbons (Fsp3) is 0.538. The number of hydrogen-bond donors (Lipinski definition) is 2. The van der Waals surface area contributed by atoms with E-state index in [2.05, 4.69) is 47.0 Å². The van der Waals surface area contributed by atoms with Crippen LogP contribution in [-0.2, 0) is 0 Å². The monoisotopic (exact) mass is 330 g/mol. The van der Waals surface area contributed by atoms with Crippen LogP contribution in [0.15, 0.2) is 18.2 Å². The van der Waals surface area contributed by atoms with Crippen LogP contribution in [0.4, 0.5) is 11.4 Å². The standard InChI is InChI=1S/C13H19IN2/c1-2-11(7-9-3-4-9)16-13-6-5-10(14)8-12(13)15/h5-6,8-9,11,16H,2-4,7,15H2,1H3. The van der Waals surface area contributed by atoms with Gasteiger partial charge in [-0.2, -0.15) is 0 Å². The zero-order valence-corrected chi connectivity index (χ0v) is 11.8. The molecule has 1 saturated carbocycles. The van der Waals surface area contributed by atoms with Gasteiger partial charge in [0.2, 0.25) is 0 Å².